The Morgan fingerprint density at radius 1 is 1.03 bits per heavy atom. The number of ether oxygens (including phenoxy) is 2. The Balaban J connectivity index is 1.39. The highest BCUT2D eigenvalue weighted by molar-refractivity contribution is 9.10. The van der Waals surface area contributed by atoms with Crippen LogP contribution in [0.5, 0.6) is 0 Å². The molecule has 1 N–H and O–H groups in total. The summed E-state index contributed by atoms with van der Waals surface area (Å²) < 4.78 is 9.27. The highest BCUT2D eigenvalue weighted by Gasteiger charge is 2.72. The molecule has 4 atom stereocenters. The second kappa shape index (κ2) is 9.62. The number of fused-ring (bicyclic) bond motifs is 1. The molecule has 0 aliphatic carbocycles. The standard InChI is InChI=1S/C25H27BrN2O5S/c1-16(27-23(31)33-15-18-12-8-5-9-13-18)25(26)21(30)28-19(24(2,3)34-22(25)28)20(29)32-14-17-10-6-4-7-11-17/h4-13,16,19,22H,14-15H2,1-3H3,(H,27,31)/t16?,19-,22+,25-/m0/s1. The van der Waals surface area contributed by atoms with Crippen molar-refractivity contribution in [2.45, 2.75) is 60.5 Å². The highest BCUT2D eigenvalue weighted by atomic mass is 79.9. The Hall–Kier alpha value is -2.52. The zero-order valence-corrected chi connectivity index (χ0v) is 21.6. The topological polar surface area (TPSA) is 84.9 Å². The summed E-state index contributed by atoms with van der Waals surface area (Å²) in [6, 6.07) is 17.5. The van der Waals surface area contributed by atoms with Gasteiger partial charge in [-0.1, -0.05) is 76.6 Å². The summed E-state index contributed by atoms with van der Waals surface area (Å²) in [5.41, 5.74) is 1.75. The van der Waals surface area contributed by atoms with Gasteiger partial charge in [0.1, 0.15) is 24.6 Å². The van der Waals surface area contributed by atoms with Crippen molar-refractivity contribution in [3.63, 3.8) is 0 Å². The Morgan fingerprint density at radius 3 is 2.12 bits per heavy atom. The van der Waals surface area contributed by atoms with E-state index in [1.165, 1.54) is 11.8 Å². The first-order valence-electron chi connectivity index (χ1n) is 11.0. The second-order valence-corrected chi connectivity index (χ2v) is 12.0. The molecule has 2 saturated heterocycles. The van der Waals surface area contributed by atoms with Crippen LogP contribution in [0.3, 0.4) is 0 Å². The van der Waals surface area contributed by atoms with E-state index in [0.717, 1.165) is 11.1 Å². The minimum Gasteiger partial charge on any atom is -0.459 e. The summed E-state index contributed by atoms with van der Waals surface area (Å²) in [7, 11) is 0. The molecular formula is C25H27BrN2O5S. The van der Waals surface area contributed by atoms with E-state index >= 15 is 0 Å². The predicted octanol–water partition coefficient (Wildman–Crippen LogP) is 4.24. The number of hydrogen-bond acceptors (Lipinski definition) is 6. The van der Waals surface area contributed by atoms with Crippen LogP contribution in [-0.2, 0) is 32.3 Å². The Kier molecular flexibility index (Phi) is 6.96. The fourth-order valence-electron chi connectivity index (χ4n) is 4.28. The number of thioether (sulfide) groups is 1. The summed E-state index contributed by atoms with van der Waals surface area (Å²) in [5.74, 6) is -0.692. The molecule has 9 heteroatoms. The average molecular weight is 547 g/mol. The molecule has 2 aromatic carbocycles. The fourth-order valence-corrected chi connectivity index (χ4v) is 6.82. The Bertz CT molecular complexity index is 1070. The molecule has 0 aromatic heterocycles. The minimum absolute atomic E-state index is 0.134. The van der Waals surface area contributed by atoms with Crippen LogP contribution in [0.2, 0.25) is 0 Å². The van der Waals surface area contributed by atoms with Crippen LogP contribution >= 0.6 is 27.7 Å². The molecule has 180 valence electrons. The van der Waals surface area contributed by atoms with Crippen molar-refractivity contribution in [3.8, 4) is 0 Å². The van der Waals surface area contributed by atoms with Crippen LogP contribution in [-0.4, -0.2) is 49.4 Å². The molecule has 1 unspecified atom stereocenters. The molecule has 0 radical (unpaired) electrons. The van der Waals surface area contributed by atoms with E-state index in [2.05, 4.69) is 21.2 Å². The van der Waals surface area contributed by atoms with E-state index in [-0.39, 0.29) is 24.5 Å². The molecule has 0 spiro atoms. The summed E-state index contributed by atoms with van der Waals surface area (Å²) in [6.45, 7) is 5.89. The quantitative estimate of drug-likeness (QED) is 0.317. The molecule has 4 rings (SSSR count). The van der Waals surface area contributed by atoms with E-state index < -0.39 is 33.2 Å². The van der Waals surface area contributed by atoms with E-state index in [4.69, 9.17) is 9.47 Å². The average Bonchev–Trinajstić information content (AvgIpc) is 3.10. The first-order valence-corrected chi connectivity index (χ1v) is 12.7. The van der Waals surface area contributed by atoms with E-state index in [1.54, 1.807) is 11.8 Å². The Morgan fingerprint density at radius 2 is 1.56 bits per heavy atom. The number of benzene rings is 2. The number of β-lactam (4-membered cyclic amide) rings is 1. The van der Waals surface area contributed by atoms with Crippen molar-refractivity contribution in [2.24, 2.45) is 0 Å². The van der Waals surface area contributed by atoms with Gasteiger partial charge in [-0.25, -0.2) is 9.59 Å². The number of halogens is 1. The molecule has 0 bridgehead atoms. The van der Waals surface area contributed by atoms with Crippen LogP contribution in [0.1, 0.15) is 31.9 Å². The largest absolute Gasteiger partial charge is 0.459 e. The first kappa shape index (κ1) is 24.6. The van der Waals surface area contributed by atoms with Gasteiger partial charge in [0.15, 0.2) is 4.32 Å². The fraction of sp³-hybridized carbons (Fsp3) is 0.400. The van der Waals surface area contributed by atoms with Gasteiger partial charge in [0.25, 0.3) is 0 Å². The summed E-state index contributed by atoms with van der Waals surface area (Å²) in [6.07, 6.45) is -0.609. The van der Waals surface area contributed by atoms with E-state index in [1.807, 2.05) is 74.5 Å². The molecule has 2 fully saturated rings. The predicted molar refractivity (Wildman–Crippen MR) is 133 cm³/mol. The summed E-state index contributed by atoms with van der Waals surface area (Å²) >= 11 is 5.12. The van der Waals surface area contributed by atoms with Crippen molar-refractivity contribution in [2.75, 3.05) is 0 Å². The lowest BCUT2D eigenvalue weighted by molar-refractivity contribution is -0.165. The molecule has 2 aliphatic rings. The molecule has 34 heavy (non-hydrogen) atoms. The SMILES string of the molecule is CC(NC(=O)OCc1ccccc1)[C@]1(Br)C(=O)N2[C@@H](C(=O)OCc3ccccc3)C(C)(C)S[C@@H]21. The zero-order chi connectivity index (χ0) is 24.5. The van der Waals surface area contributed by atoms with Gasteiger partial charge in [-0.15, -0.1) is 11.8 Å². The lowest BCUT2D eigenvalue weighted by Gasteiger charge is -2.52. The molecule has 7 nitrogen and oxygen atoms in total. The van der Waals surface area contributed by atoms with Crippen molar-refractivity contribution in [1.82, 2.24) is 10.2 Å². The molecular weight excluding hydrogens is 520 g/mol. The van der Waals surface area contributed by atoms with Crippen LogP contribution < -0.4 is 5.32 Å². The Labute approximate surface area is 211 Å². The monoisotopic (exact) mass is 546 g/mol. The maximum absolute atomic E-state index is 13.3. The number of carbonyl (C=O) groups excluding carboxylic acids is 3. The van der Waals surface area contributed by atoms with Crippen LogP contribution in [0.4, 0.5) is 4.79 Å². The van der Waals surface area contributed by atoms with Gasteiger partial charge in [-0.2, -0.15) is 0 Å². The normalized spacial score (nSPS) is 25.6. The number of rotatable bonds is 7. The third-order valence-electron chi connectivity index (χ3n) is 6.15. The number of hydrogen-bond donors (Lipinski definition) is 1. The van der Waals surface area contributed by atoms with Gasteiger partial charge in [0.2, 0.25) is 5.91 Å². The maximum atomic E-state index is 13.3. The zero-order valence-electron chi connectivity index (χ0n) is 19.2. The van der Waals surface area contributed by atoms with Crippen LogP contribution in [0, 0.1) is 0 Å². The molecule has 0 saturated carbocycles. The van der Waals surface area contributed by atoms with Crippen LogP contribution in [0.25, 0.3) is 0 Å². The van der Waals surface area contributed by atoms with Gasteiger partial charge in [-0.3, -0.25) is 4.79 Å². The number of amides is 2. The minimum atomic E-state index is -1.05. The summed E-state index contributed by atoms with van der Waals surface area (Å²) in [5, 5.41) is 2.43. The van der Waals surface area contributed by atoms with Gasteiger partial charge in [0.05, 0.1) is 6.04 Å². The number of alkyl halides is 1. The van der Waals surface area contributed by atoms with Crippen molar-refractivity contribution in [3.05, 3.63) is 71.8 Å². The molecule has 2 aromatic rings. The van der Waals surface area contributed by atoms with Gasteiger partial charge in [-0.05, 0) is 31.9 Å². The smallest absolute Gasteiger partial charge is 0.407 e. The van der Waals surface area contributed by atoms with Crippen molar-refractivity contribution < 1.29 is 23.9 Å². The van der Waals surface area contributed by atoms with Crippen molar-refractivity contribution >= 4 is 45.7 Å². The van der Waals surface area contributed by atoms with Gasteiger partial charge < -0.3 is 19.7 Å². The number of alkyl carbamates (subject to hydrolysis) is 1. The number of carbonyl (C=O) groups is 3. The van der Waals surface area contributed by atoms with Gasteiger partial charge >= 0.3 is 12.1 Å². The second-order valence-electron chi connectivity index (χ2n) is 8.98. The lowest BCUT2D eigenvalue weighted by atomic mass is 9.87. The maximum Gasteiger partial charge on any atom is 0.407 e. The highest BCUT2D eigenvalue weighted by Crippen LogP contribution is 2.59. The number of nitrogens with one attached hydrogen (secondary N) is 1. The number of esters is 1. The van der Waals surface area contributed by atoms with Crippen molar-refractivity contribution in [1.29, 1.82) is 0 Å². The summed E-state index contributed by atoms with van der Waals surface area (Å²) in [4.78, 5) is 40.3. The first-order chi connectivity index (χ1) is 16.1. The molecule has 2 amide bonds. The third kappa shape index (κ3) is 4.55. The molecule has 2 aliphatic heterocycles. The number of nitrogens with zero attached hydrogens (tertiary/aromatic N) is 1. The van der Waals surface area contributed by atoms with Gasteiger partial charge in [0, 0.05) is 4.75 Å². The lowest BCUT2D eigenvalue weighted by Crippen LogP contribution is -2.76. The van der Waals surface area contributed by atoms with E-state index in [9.17, 15) is 14.4 Å². The third-order valence-corrected chi connectivity index (χ3v) is 9.57. The molecule has 2 heterocycles. The van der Waals surface area contributed by atoms with Crippen LogP contribution in [0.15, 0.2) is 60.7 Å². The van der Waals surface area contributed by atoms with E-state index in [0.29, 0.717) is 0 Å².